The number of unbranched alkanes of at least 4 members (excludes halogenated alkanes) is 1. The van der Waals surface area contributed by atoms with Crippen LogP contribution in [0.15, 0.2) is 78.9 Å². The molecule has 2 fully saturated rings. The second-order valence-electron chi connectivity index (χ2n) is 26.5. The van der Waals surface area contributed by atoms with Crippen molar-refractivity contribution in [1.82, 2.24) is 68.7 Å². The van der Waals surface area contributed by atoms with Gasteiger partial charge in [0.15, 0.2) is 5.96 Å². The van der Waals surface area contributed by atoms with Gasteiger partial charge in [-0.05, 0) is 127 Å². The summed E-state index contributed by atoms with van der Waals surface area (Å²) in [6.07, 6.45) is -1.36. The minimum absolute atomic E-state index is 0.0330. The highest BCUT2D eigenvalue weighted by Crippen LogP contribution is 2.36. The Kier molecular flexibility index (Phi) is 31.5. The number of rotatable bonds is 31. The summed E-state index contributed by atoms with van der Waals surface area (Å²) in [4.78, 5) is 196. The third-order valence-corrected chi connectivity index (χ3v) is 20.8. The van der Waals surface area contributed by atoms with Gasteiger partial charge in [0, 0.05) is 31.0 Å². The Morgan fingerprint density at radius 1 is 0.682 bits per heavy atom. The molecule has 5 aromatic rings. The number of carbonyl (C=O) groups excluding carboxylic acids is 14. The van der Waals surface area contributed by atoms with Crippen LogP contribution in [0.2, 0.25) is 0 Å². The Bertz CT molecular complexity index is 4060. The van der Waals surface area contributed by atoms with Gasteiger partial charge in [0.1, 0.15) is 66.2 Å². The van der Waals surface area contributed by atoms with Crippen LogP contribution in [0.3, 0.4) is 0 Å². The average molecular weight is 1520 g/mol. The van der Waals surface area contributed by atoms with E-state index in [2.05, 4.69) is 63.8 Å². The lowest BCUT2D eigenvalue weighted by atomic mass is 9.91. The molecule has 2 aliphatic heterocycles. The quantitative estimate of drug-likeness (QED) is 0.00703. The fraction of sp³-hybridized carbons (Fsp3) is 0.479. The first-order chi connectivity index (χ1) is 51.0. The maximum Gasteiger partial charge on any atom is 0.246 e. The molecule has 12 atom stereocenters. The fourth-order valence-corrected chi connectivity index (χ4v) is 14.7. The predicted molar refractivity (Wildman–Crippen MR) is 401 cm³/mol. The van der Waals surface area contributed by atoms with E-state index in [1.807, 2.05) is 54.6 Å². The SMILES string of the molecule is CC[C@H](C)[C@H](NC(=O)[C@H](CCCNC(=N)N)NC(=O)CNC(=O)Cc1ccc2ccc3cccc4ccc1c2c34)C(=O)N[C@H]1CSSC[C@@H](C(=O)N[C@H](C(=O)N[C@@H](CCCCN)C(=O)N[C@@H](Cc2ccc(O)cc2)C(N)=O)[C@@H](C)O)NC(=O)CNC(=O)[C@H](CC(N)=O)NC(=O)[C@H](C)NC(=O)[C@@H]2CCCN2C1=O. The van der Waals surface area contributed by atoms with E-state index in [0.717, 1.165) is 66.4 Å². The van der Waals surface area contributed by atoms with Crippen LogP contribution in [0, 0.1) is 11.3 Å². The van der Waals surface area contributed by atoms with Gasteiger partial charge < -0.3 is 102 Å². The van der Waals surface area contributed by atoms with E-state index in [4.69, 9.17) is 28.3 Å². The number of phenolic OH excluding ortho intramolecular Hbond substituents is 1. The van der Waals surface area contributed by atoms with E-state index in [0.29, 0.717) is 12.0 Å². The molecule has 7 rings (SSSR count). The van der Waals surface area contributed by atoms with Crippen LogP contribution in [0.4, 0.5) is 0 Å². The molecule has 5 aromatic carbocycles. The number of phenols is 1. The van der Waals surface area contributed by atoms with Gasteiger partial charge in [-0.25, -0.2) is 0 Å². The first-order valence-electron chi connectivity index (χ1n) is 35.2. The Morgan fingerprint density at radius 2 is 1.33 bits per heavy atom. The van der Waals surface area contributed by atoms with Crippen molar-refractivity contribution in [1.29, 1.82) is 5.41 Å². The molecule has 0 bridgehead atoms. The van der Waals surface area contributed by atoms with Crippen LogP contribution < -0.4 is 86.7 Å². The van der Waals surface area contributed by atoms with Gasteiger partial charge in [-0.15, -0.1) is 0 Å². The molecule has 34 nitrogen and oxygen atoms in total. The van der Waals surface area contributed by atoms with Crippen LogP contribution in [0.5, 0.6) is 5.75 Å². The number of nitrogens with zero attached hydrogens (tertiary/aromatic N) is 1. The van der Waals surface area contributed by atoms with Crippen LogP contribution >= 0.6 is 21.6 Å². The zero-order chi connectivity index (χ0) is 78.2. The molecule has 36 heteroatoms. The van der Waals surface area contributed by atoms with Crippen molar-refractivity contribution < 1.29 is 77.3 Å². The van der Waals surface area contributed by atoms with Crippen molar-refractivity contribution >= 4 is 143 Å². The number of aliphatic hydroxyl groups excluding tert-OH is 1. The zero-order valence-electron chi connectivity index (χ0n) is 59.8. The predicted octanol–water partition coefficient (Wildman–Crippen LogP) is -2.74. The second kappa shape index (κ2) is 40.2. The van der Waals surface area contributed by atoms with Crippen LogP contribution in [0.1, 0.15) is 96.6 Å². The highest BCUT2D eigenvalue weighted by atomic mass is 33.1. The van der Waals surface area contributed by atoms with E-state index in [9.17, 15) is 72.5 Å². The number of primary amides is 2. The Labute approximate surface area is 624 Å². The van der Waals surface area contributed by atoms with Crippen molar-refractivity contribution in [3.8, 4) is 5.75 Å². The summed E-state index contributed by atoms with van der Waals surface area (Å²) in [5.41, 5.74) is 23.6. The summed E-state index contributed by atoms with van der Waals surface area (Å²) in [6.45, 7) is 4.61. The largest absolute Gasteiger partial charge is 0.508 e. The number of guanidine groups is 1. The number of aromatic hydroxyl groups is 1. The van der Waals surface area contributed by atoms with Gasteiger partial charge in [0.2, 0.25) is 82.7 Å². The van der Waals surface area contributed by atoms with Crippen molar-refractivity contribution in [2.24, 2.45) is 28.9 Å². The minimum atomic E-state index is -1.86. The molecule has 0 saturated carbocycles. The summed E-state index contributed by atoms with van der Waals surface area (Å²) in [5.74, 6) is -14.7. The summed E-state index contributed by atoms with van der Waals surface area (Å²) in [7, 11) is 1.75. The number of hydrogen-bond acceptors (Lipinski definition) is 20. The Balaban J connectivity index is 1.11. The lowest BCUT2D eigenvalue weighted by molar-refractivity contribution is -0.142. The number of aliphatic hydroxyl groups is 1. The highest BCUT2D eigenvalue weighted by molar-refractivity contribution is 8.76. The molecule has 0 radical (unpaired) electrons. The van der Waals surface area contributed by atoms with Crippen LogP contribution in [-0.2, 0) is 80.0 Å². The maximum absolute atomic E-state index is 15.1. The molecule has 0 aromatic heterocycles. The van der Waals surface area contributed by atoms with Crippen molar-refractivity contribution in [3.63, 3.8) is 0 Å². The van der Waals surface area contributed by atoms with E-state index in [-0.39, 0.29) is 94.9 Å². The third-order valence-electron chi connectivity index (χ3n) is 18.4. The lowest BCUT2D eigenvalue weighted by Crippen LogP contribution is -2.61. The Morgan fingerprint density at radius 3 is 1.99 bits per heavy atom. The minimum Gasteiger partial charge on any atom is -0.508 e. The van der Waals surface area contributed by atoms with E-state index in [1.54, 1.807) is 13.8 Å². The van der Waals surface area contributed by atoms with Crippen molar-refractivity contribution in [2.75, 3.05) is 44.2 Å². The molecule has 2 heterocycles. The first-order valence-corrected chi connectivity index (χ1v) is 37.7. The zero-order valence-corrected chi connectivity index (χ0v) is 61.5. The standard InChI is InChI=1S/C71H96N18O16S2/c1-5-36(2)59(87-65(100)46(14-9-27-77-71(75)76)81-55(94)32-78-54(93)30-43-21-20-42-19-18-40-11-8-12-41-22-25-45(43)58(42)57(40)41)68(103)86-51-35-107-106-34-50(82-56(95)33-79-63(98)49(31-53(73)92)85-62(97)37(3)80-67(102)52-15-10-28-89(52)70(51)105)66(101)88-60(38(4)90)69(104)83-47(13-6-7-26-72)64(99)84-48(61(74)96)29-39-16-23-44(91)24-17-39/h8,11-12,16-25,36-38,46-52,59-60,90-91H,5-7,9-10,13-15,26-35,72H2,1-4H3,(H2,73,92)(H2,74,96)(H,78,93)(H,79,98)(H,80,102)(H,81,94)(H,82,95)(H,83,104)(H,84,99)(H,85,97)(H,86,103)(H,87,100)(H,88,101)(H4,75,76,77)/t36-,37-,38+,46-,47-,48-,49-,50-,51-,52-,59-,60-/m0/s1. The van der Waals surface area contributed by atoms with Gasteiger partial charge >= 0.3 is 0 Å². The molecule has 2 saturated heterocycles. The second-order valence-corrected chi connectivity index (χ2v) is 29.1. The third kappa shape index (κ3) is 24.2. The molecular weight excluding hydrogens is 1430 g/mol. The molecular formula is C71H96N18O16S2. The topological polar surface area (TPSA) is 555 Å². The number of benzene rings is 5. The van der Waals surface area contributed by atoms with Gasteiger partial charge in [-0.2, -0.15) is 0 Å². The summed E-state index contributed by atoms with van der Waals surface area (Å²) in [5, 5.41) is 65.1. The van der Waals surface area contributed by atoms with E-state index in [1.165, 1.54) is 36.1 Å². The number of nitrogens with one attached hydrogen (secondary N) is 13. The number of amides is 14. The van der Waals surface area contributed by atoms with Crippen molar-refractivity contribution in [3.05, 3.63) is 90.0 Å². The lowest BCUT2D eigenvalue weighted by Gasteiger charge is -2.31. The van der Waals surface area contributed by atoms with Crippen LogP contribution in [-0.4, -0.2) is 215 Å². The summed E-state index contributed by atoms with van der Waals surface area (Å²) >= 11 is 0. The molecule has 578 valence electrons. The number of carbonyl (C=O) groups is 14. The Hall–Kier alpha value is -10.6. The smallest absolute Gasteiger partial charge is 0.246 e. The highest BCUT2D eigenvalue weighted by Gasteiger charge is 2.41. The normalized spacial score (nSPS) is 19.6. The first kappa shape index (κ1) is 83.7. The maximum atomic E-state index is 15.1. The van der Waals surface area contributed by atoms with Gasteiger partial charge in [-0.1, -0.05) is 109 Å². The fourth-order valence-electron chi connectivity index (χ4n) is 12.4. The molecule has 23 N–H and O–H groups in total. The molecule has 2 aliphatic rings. The molecule has 14 amide bonds. The van der Waals surface area contributed by atoms with E-state index < -0.39 is 180 Å². The average Bonchev–Trinajstić information content (AvgIpc) is 1.22. The van der Waals surface area contributed by atoms with Gasteiger partial charge in [0.05, 0.1) is 32.0 Å². The van der Waals surface area contributed by atoms with Crippen molar-refractivity contribution in [2.45, 2.75) is 165 Å². The summed E-state index contributed by atoms with van der Waals surface area (Å²) in [6, 6.07) is 8.63. The number of hydrogen-bond donors (Lipinski definition) is 19. The van der Waals surface area contributed by atoms with Gasteiger partial charge in [0.25, 0.3) is 0 Å². The molecule has 0 unspecified atom stereocenters. The molecule has 0 spiro atoms. The van der Waals surface area contributed by atoms with Crippen LogP contribution in [0.25, 0.3) is 32.3 Å². The monoisotopic (exact) mass is 1520 g/mol. The van der Waals surface area contributed by atoms with E-state index >= 15 is 4.79 Å². The molecule has 107 heavy (non-hydrogen) atoms. The summed E-state index contributed by atoms with van der Waals surface area (Å²) < 4.78 is 0. The van der Waals surface area contributed by atoms with Gasteiger partial charge in [-0.3, -0.25) is 72.5 Å². The number of fused-ring (bicyclic) bond motifs is 1. The number of nitrogens with two attached hydrogens (primary N) is 4. The molecule has 0 aliphatic carbocycles.